The van der Waals surface area contributed by atoms with E-state index in [1.807, 2.05) is 0 Å². The Morgan fingerprint density at radius 3 is 2.36 bits per heavy atom. The number of rotatable bonds is 8. The summed E-state index contributed by atoms with van der Waals surface area (Å²) in [6.07, 6.45) is 0.249. The molecule has 2 atom stereocenters. The maximum atomic E-state index is 13.0. The lowest BCUT2D eigenvalue weighted by Crippen LogP contribution is -2.48. The number of nitrogens with zero attached hydrogens (tertiary/aromatic N) is 2. The molecule has 176 valence electrons. The molecule has 11 heteroatoms. The molecule has 0 spiro atoms. The van der Waals surface area contributed by atoms with Gasteiger partial charge in [0.1, 0.15) is 6.04 Å². The molecular weight excluding hydrogens is 466 g/mol. The topological polar surface area (TPSA) is 124 Å². The monoisotopic (exact) mass is 491 g/mol. The molecule has 2 aromatic rings. The van der Waals surface area contributed by atoms with Crippen molar-refractivity contribution >= 4 is 46.1 Å². The fourth-order valence-corrected chi connectivity index (χ4v) is 5.86. The van der Waals surface area contributed by atoms with Crippen molar-refractivity contribution in [2.75, 3.05) is 25.5 Å². The van der Waals surface area contributed by atoms with Crippen molar-refractivity contribution in [3.05, 3.63) is 65.7 Å². The maximum absolute atomic E-state index is 13.0. The number of thiol groups is 1. The average Bonchev–Trinajstić information content (AvgIpc) is 3.16. The Kier molecular flexibility index (Phi) is 7.77. The van der Waals surface area contributed by atoms with E-state index in [-0.39, 0.29) is 36.1 Å². The number of hydrogen-bond donors (Lipinski definition) is 3. The van der Waals surface area contributed by atoms with Crippen molar-refractivity contribution in [3.63, 3.8) is 0 Å². The highest BCUT2D eigenvalue weighted by Crippen LogP contribution is 2.28. The van der Waals surface area contributed by atoms with Crippen molar-refractivity contribution in [2.45, 2.75) is 23.5 Å². The van der Waals surface area contributed by atoms with E-state index in [4.69, 9.17) is 5.11 Å². The number of carbonyl (C=O) groups is 3. The van der Waals surface area contributed by atoms with Crippen LogP contribution in [0, 0.1) is 0 Å². The number of carbonyl (C=O) groups excluding carboxylic acids is 2. The lowest BCUT2D eigenvalue weighted by Gasteiger charge is -2.27. The molecule has 1 saturated heterocycles. The molecule has 1 aliphatic heterocycles. The van der Waals surface area contributed by atoms with Crippen molar-refractivity contribution in [1.82, 2.24) is 9.21 Å². The summed E-state index contributed by atoms with van der Waals surface area (Å²) in [6, 6.07) is 13.4. The summed E-state index contributed by atoms with van der Waals surface area (Å²) in [4.78, 5) is 37.5. The molecule has 2 N–H and O–H groups in total. The van der Waals surface area contributed by atoms with Crippen molar-refractivity contribution in [3.8, 4) is 0 Å². The fourth-order valence-electron chi connectivity index (χ4n) is 3.63. The smallest absolute Gasteiger partial charge is 0.335 e. The van der Waals surface area contributed by atoms with Crippen LogP contribution < -0.4 is 5.32 Å². The molecule has 0 saturated carbocycles. The summed E-state index contributed by atoms with van der Waals surface area (Å²) in [6.45, 7) is -0.176. The molecule has 2 unspecified atom stereocenters. The number of carboxylic acid groups (broad SMARTS) is 1. The maximum Gasteiger partial charge on any atom is 0.335 e. The molecule has 0 radical (unpaired) electrons. The molecule has 1 heterocycles. The number of carboxylic acids is 1. The Bertz CT molecular complexity index is 1120. The van der Waals surface area contributed by atoms with Crippen LogP contribution in [-0.2, 0) is 25.4 Å². The minimum atomic E-state index is -3.77. The zero-order valence-electron chi connectivity index (χ0n) is 17.9. The number of hydrogen-bond acceptors (Lipinski definition) is 6. The molecule has 1 fully saturated rings. The second-order valence-electron chi connectivity index (χ2n) is 7.84. The third-order valence-corrected chi connectivity index (χ3v) is 7.43. The van der Waals surface area contributed by atoms with Gasteiger partial charge in [-0.05, 0) is 36.2 Å². The van der Waals surface area contributed by atoms with Crippen LogP contribution in [0.5, 0.6) is 0 Å². The highest BCUT2D eigenvalue weighted by molar-refractivity contribution is 7.88. The van der Waals surface area contributed by atoms with Gasteiger partial charge in [0.15, 0.2) is 0 Å². The van der Waals surface area contributed by atoms with E-state index < -0.39 is 33.8 Å². The van der Waals surface area contributed by atoms with E-state index in [1.54, 1.807) is 30.3 Å². The zero-order chi connectivity index (χ0) is 24.2. The Balaban J connectivity index is 1.65. The molecule has 33 heavy (non-hydrogen) atoms. The van der Waals surface area contributed by atoms with Crippen LogP contribution in [0.15, 0.2) is 54.6 Å². The van der Waals surface area contributed by atoms with E-state index in [0.29, 0.717) is 11.3 Å². The molecule has 0 aliphatic carbocycles. The molecule has 9 nitrogen and oxygen atoms in total. The Hall–Kier alpha value is -2.89. The Morgan fingerprint density at radius 1 is 1.12 bits per heavy atom. The summed E-state index contributed by atoms with van der Waals surface area (Å²) >= 11 is 4.39. The summed E-state index contributed by atoms with van der Waals surface area (Å²) in [5.41, 5.74) is 1.09. The van der Waals surface area contributed by atoms with E-state index in [1.165, 1.54) is 40.5 Å². The molecule has 2 amide bonds. The first-order valence-electron chi connectivity index (χ1n) is 10.2. The summed E-state index contributed by atoms with van der Waals surface area (Å²) in [5, 5.41) is 11.2. The minimum Gasteiger partial charge on any atom is -0.478 e. The normalized spacial score (nSPS) is 18.6. The second kappa shape index (κ2) is 10.4. The van der Waals surface area contributed by atoms with Crippen LogP contribution in [0.4, 0.5) is 5.69 Å². The predicted octanol–water partition coefficient (Wildman–Crippen LogP) is 1.68. The quantitative estimate of drug-likeness (QED) is 0.483. The summed E-state index contributed by atoms with van der Waals surface area (Å²) in [7, 11) is -2.34. The second-order valence-corrected chi connectivity index (χ2v) is 10.5. The van der Waals surface area contributed by atoms with Gasteiger partial charge in [-0.2, -0.15) is 16.9 Å². The van der Waals surface area contributed by atoms with Gasteiger partial charge >= 0.3 is 5.97 Å². The standard InChI is InChI=1S/C22H25N3O6S2/c1-24(13-20(26)23-17-9-7-16(8-10-17)22(28)29)21(27)19-11-18(32)12-25(19)33(30,31)14-15-5-3-2-4-6-15/h2-10,18-19,32H,11-14H2,1H3,(H,23,26)(H,28,29). The van der Waals surface area contributed by atoms with Gasteiger partial charge in [0, 0.05) is 24.5 Å². The van der Waals surface area contributed by atoms with Crippen molar-refractivity contribution in [2.24, 2.45) is 0 Å². The number of anilines is 1. The molecule has 1 aliphatic rings. The third kappa shape index (κ3) is 6.34. The first kappa shape index (κ1) is 24.7. The highest BCUT2D eigenvalue weighted by atomic mass is 32.2. The van der Waals surface area contributed by atoms with Crippen LogP contribution in [0.2, 0.25) is 0 Å². The van der Waals surface area contributed by atoms with Gasteiger partial charge in [-0.25, -0.2) is 13.2 Å². The number of nitrogens with one attached hydrogen (secondary N) is 1. The molecule has 0 aromatic heterocycles. The lowest BCUT2D eigenvalue weighted by molar-refractivity contribution is -0.136. The number of aromatic carboxylic acids is 1. The Morgan fingerprint density at radius 2 is 1.76 bits per heavy atom. The minimum absolute atomic E-state index is 0.0830. The van der Waals surface area contributed by atoms with Gasteiger partial charge in [0.25, 0.3) is 0 Å². The molecule has 2 aromatic carbocycles. The van der Waals surface area contributed by atoms with Crippen molar-refractivity contribution in [1.29, 1.82) is 0 Å². The largest absolute Gasteiger partial charge is 0.478 e. The number of amides is 2. The van der Waals surface area contributed by atoms with Crippen LogP contribution in [0.25, 0.3) is 0 Å². The fraction of sp³-hybridized carbons (Fsp3) is 0.318. The highest BCUT2D eigenvalue weighted by Gasteiger charge is 2.43. The first-order chi connectivity index (χ1) is 15.6. The predicted molar refractivity (Wildman–Crippen MR) is 127 cm³/mol. The SMILES string of the molecule is CN(CC(=O)Nc1ccc(C(=O)O)cc1)C(=O)C1CC(S)CN1S(=O)(=O)Cc1ccccc1. The average molecular weight is 492 g/mol. The van der Waals surface area contributed by atoms with E-state index in [0.717, 1.165) is 0 Å². The van der Waals surface area contributed by atoms with Crippen LogP contribution in [0.3, 0.4) is 0 Å². The van der Waals surface area contributed by atoms with Crippen LogP contribution in [0.1, 0.15) is 22.3 Å². The van der Waals surface area contributed by atoms with Crippen LogP contribution >= 0.6 is 12.6 Å². The number of benzene rings is 2. The third-order valence-electron chi connectivity index (χ3n) is 5.24. The summed E-state index contributed by atoms with van der Waals surface area (Å²) in [5.74, 6) is -2.29. The van der Waals surface area contributed by atoms with E-state index >= 15 is 0 Å². The van der Waals surface area contributed by atoms with E-state index in [2.05, 4.69) is 17.9 Å². The molecule has 0 bridgehead atoms. The summed E-state index contributed by atoms with van der Waals surface area (Å²) < 4.78 is 27.2. The molecule has 3 rings (SSSR count). The van der Waals surface area contributed by atoms with E-state index in [9.17, 15) is 22.8 Å². The van der Waals surface area contributed by atoms with Gasteiger partial charge < -0.3 is 15.3 Å². The zero-order valence-corrected chi connectivity index (χ0v) is 19.6. The van der Waals surface area contributed by atoms with Gasteiger partial charge in [0.05, 0.1) is 17.9 Å². The van der Waals surface area contributed by atoms with Crippen LogP contribution in [-0.4, -0.2) is 71.9 Å². The Labute approximate surface area is 197 Å². The van der Waals surface area contributed by atoms with Gasteiger partial charge in [-0.1, -0.05) is 30.3 Å². The molecular formula is C22H25N3O6S2. The van der Waals surface area contributed by atoms with Crippen molar-refractivity contribution < 1.29 is 27.9 Å². The van der Waals surface area contributed by atoms with Gasteiger partial charge in [-0.15, -0.1) is 0 Å². The lowest BCUT2D eigenvalue weighted by atomic mass is 10.2. The first-order valence-corrected chi connectivity index (χ1v) is 12.3. The number of sulfonamides is 1. The van der Waals surface area contributed by atoms with Gasteiger partial charge in [-0.3, -0.25) is 9.59 Å². The van der Waals surface area contributed by atoms with Gasteiger partial charge in [0.2, 0.25) is 21.8 Å². The number of likely N-dealkylation sites (N-methyl/N-ethyl adjacent to an activating group) is 1.